The van der Waals surface area contributed by atoms with E-state index >= 15 is 0 Å². The van der Waals surface area contributed by atoms with E-state index in [4.69, 9.17) is 10.00 Å². The summed E-state index contributed by atoms with van der Waals surface area (Å²) < 4.78 is 34.3. The van der Waals surface area contributed by atoms with Crippen molar-refractivity contribution in [3.05, 3.63) is 82.9 Å². The average molecular weight is 504 g/mol. The topological polar surface area (TPSA) is 65.4 Å². The Morgan fingerprint density at radius 1 is 1.08 bits per heavy atom. The SMILES string of the molecule is CCCCOC(=O)N[C@H]1CCN(Cc2ccc(-c3ccc(C)cc3)c(-c3cc(F)c(C#N)c(F)c3)c2)C1. The second-order valence-corrected chi connectivity index (χ2v) is 9.53. The fraction of sp³-hybridized carbons (Fsp3) is 0.333. The Hall–Kier alpha value is -3.76. The molecule has 3 aromatic carbocycles. The molecule has 37 heavy (non-hydrogen) atoms. The van der Waals surface area contributed by atoms with Crippen LogP contribution in [0, 0.1) is 29.9 Å². The summed E-state index contributed by atoms with van der Waals surface area (Å²) in [5.74, 6) is -1.76. The van der Waals surface area contributed by atoms with Gasteiger partial charge < -0.3 is 10.1 Å². The summed E-state index contributed by atoms with van der Waals surface area (Å²) in [6, 6.07) is 18.0. The second kappa shape index (κ2) is 12.0. The number of hydrogen-bond donors (Lipinski definition) is 1. The molecule has 1 aliphatic heterocycles. The maximum atomic E-state index is 14.5. The Labute approximate surface area is 216 Å². The maximum absolute atomic E-state index is 14.5. The number of unbranched alkanes of at least 4 members (excludes halogenated alkanes) is 1. The van der Waals surface area contributed by atoms with Gasteiger partial charge in [0.05, 0.1) is 6.61 Å². The predicted molar refractivity (Wildman–Crippen MR) is 140 cm³/mol. The normalized spacial score (nSPS) is 15.4. The minimum atomic E-state index is -0.878. The summed E-state index contributed by atoms with van der Waals surface area (Å²) in [6.45, 7) is 6.61. The van der Waals surface area contributed by atoms with Crippen LogP contribution in [0.4, 0.5) is 13.6 Å². The van der Waals surface area contributed by atoms with Gasteiger partial charge in [-0.3, -0.25) is 4.90 Å². The zero-order valence-electron chi connectivity index (χ0n) is 21.2. The van der Waals surface area contributed by atoms with Crippen LogP contribution in [0.25, 0.3) is 22.3 Å². The molecular weight excluding hydrogens is 472 g/mol. The molecule has 0 radical (unpaired) electrons. The van der Waals surface area contributed by atoms with Crippen LogP contribution in [0.15, 0.2) is 54.6 Å². The van der Waals surface area contributed by atoms with E-state index in [0.29, 0.717) is 30.8 Å². The Morgan fingerprint density at radius 3 is 2.49 bits per heavy atom. The zero-order chi connectivity index (χ0) is 26.4. The lowest BCUT2D eigenvalue weighted by Crippen LogP contribution is -2.37. The smallest absolute Gasteiger partial charge is 0.407 e. The van der Waals surface area contributed by atoms with Crippen molar-refractivity contribution in [3.63, 3.8) is 0 Å². The molecule has 0 aliphatic carbocycles. The van der Waals surface area contributed by atoms with Crippen LogP contribution in [-0.4, -0.2) is 36.7 Å². The predicted octanol–water partition coefficient (Wildman–Crippen LogP) is 6.58. The Kier molecular flexibility index (Phi) is 8.52. The number of carbonyl (C=O) groups is 1. The van der Waals surface area contributed by atoms with Gasteiger partial charge in [-0.25, -0.2) is 13.6 Å². The van der Waals surface area contributed by atoms with Gasteiger partial charge in [-0.05, 0) is 65.8 Å². The largest absolute Gasteiger partial charge is 0.450 e. The quantitative estimate of drug-likeness (QED) is 0.353. The highest BCUT2D eigenvalue weighted by Gasteiger charge is 2.25. The van der Waals surface area contributed by atoms with Crippen molar-refractivity contribution in [2.75, 3.05) is 19.7 Å². The van der Waals surface area contributed by atoms with Crippen LogP contribution in [-0.2, 0) is 11.3 Å². The first-order chi connectivity index (χ1) is 17.9. The number of nitrogens with one attached hydrogen (secondary N) is 1. The third-order valence-electron chi connectivity index (χ3n) is 6.64. The molecule has 1 N–H and O–H groups in total. The number of nitrogens with zero attached hydrogens (tertiary/aromatic N) is 2. The number of halogens is 2. The molecule has 192 valence electrons. The molecule has 3 aromatic rings. The number of amides is 1. The number of hydrogen-bond acceptors (Lipinski definition) is 4. The highest BCUT2D eigenvalue weighted by molar-refractivity contribution is 5.84. The van der Waals surface area contributed by atoms with Crippen LogP contribution in [0.2, 0.25) is 0 Å². The Balaban J connectivity index is 1.57. The summed E-state index contributed by atoms with van der Waals surface area (Å²) in [4.78, 5) is 14.2. The molecular formula is C30H31F2N3O2. The molecule has 1 amide bonds. The van der Waals surface area contributed by atoms with E-state index in [1.54, 1.807) is 6.07 Å². The van der Waals surface area contributed by atoms with Gasteiger partial charge in [0.2, 0.25) is 0 Å². The van der Waals surface area contributed by atoms with Crippen LogP contribution in [0.1, 0.15) is 42.9 Å². The molecule has 1 saturated heterocycles. The molecule has 0 aromatic heterocycles. The molecule has 1 fully saturated rings. The van der Waals surface area contributed by atoms with Crippen molar-refractivity contribution < 1.29 is 18.3 Å². The van der Waals surface area contributed by atoms with Crippen molar-refractivity contribution >= 4 is 6.09 Å². The average Bonchev–Trinajstić information content (AvgIpc) is 3.31. The number of rotatable bonds is 8. The van der Waals surface area contributed by atoms with Gasteiger partial charge in [-0.2, -0.15) is 5.26 Å². The van der Waals surface area contributed by atoms with Crippen molar-refractivity contribution in [2.45, 2.75) is 45.7 Å². The minimum absolute atomic E-state index is 0.0159. The molecule has 7 heteroatoms. The standard InChI is InChI=1S/C30H31F2N3O2/c1-3-4-13-37-30(36)34-24-11-12-35(19-24)18-21-7-10-25(22-8-5-20(2)6-9-22)26(14-21)23-15-28(31)27(17-33)29(32)16-23/h5-10,14-16,24H,3-4,11-13,18-19H2,1-2H3,(H,34,36)/t24-/m0/s1. The van der Waals surface area contributed by atoms with Gasteiger partial charge in [0.25, 0.3) is 0 Å². The van der Waals surface area contributed by atoms with Gasteiger partial charge in [0.1, 0.15) is 23.3 Å². The monoisotopic (exact) mass is 503 g/mol. The first-order valence-corrected chi connectivity index (χ1v) is 12.6. The molecule has 1 aliphatic rings. The lowest BCUT2D eigenvalue weighted by Gasteiger charge is -2.19. The maximum Gasteiger partial charge on any atom is 0.407 e. The van der Waals surface area contributed by atoms with E-state index in [-0.39, 0.29) is 12.1 Å². The van der Waals surface area contributed by atoms with E-state index in [0.717, 1.165) is 48.1 Å². The molecule has 4 rings (SSSR count). The molecule has 1 atom stereocenters. The molecule has 0 bridgehead atoms. The highest BCUT2D eigenvalue weighted by Crippen LogP contribution is 2.35. The van der Waals surface area contributed by atoms with Crippen LogP contribution >= 0.6 is 0 Å². The minimum Gasteiger partial charge on any atom is -0.450 e. The third-order valence-corrected chi connectivity index (χ3v) is 6.64. The van der Waals surface area contributed by atoms with E-state index in [9.17, 15) is 13.6 Å². The first kappa shape index (κ1) is 26.3. The molecule has 0 saturated carbocycles. The summed E-state index contributed by atoms with van der Waals surface area (Å²) in [5, 5.41) is 12.0. The molecule has 5 nitrogen and oxygen atoms in total. The number of nitriles is 1. The van der Waals surface area contributed by atoms with Crippen molar-refractivity contribution in [3.8, 4) is 28.3 Å². The Bertz CT molecular complexity index is 1280. The summed E-state index contributed by atoms with van der Waals surface area (Å²) in [5.41, 5.74) is 4.37. The van der Waals surface area contributed by atoms with Crippen LogP contribution in [0.3, 0.4) is 0 Å². The van der Waals surface area contributed by atoms with E-state index in [1.807, 2.05) is 56.3 Å². The van der Waals surface area contributed by atoms with Crippen LogP contribution in [0.5, 0.6) is 0 Å². The fourth-order valence-electron chi connectivity index (χ4n) is 4.62. The summed E-state index contributed by atoms with van der Waals surface area (Å²) in [7, 11) is 0. The zero-order valence-corrected chi connectivity index (χ0v) is 21.2. The molecule has 1 heterocycles. The number of aryl methyl sites for hydroxylation is 1. The fourth-order valence-corrected chi connectivity index (χ4v) is 4.62. The second-order valence-electron chi connectivity index (χ2n) is 9.53. The summed E-state index contributed by atoms with van der Waals surface area (Å²) >= 11 is 0. The first-order valence-electron chi connectivity index (χ1n) is 12.6. The van der Waals surface area contributed by atoms with Crippen LogP contribution < -0.4 is 5.32 Å². The van der Waals surface area contributed by atoms with Crippen molar-refractivity contribution in [2.24, 2.45) is 0 Å². The number of alkyl carbamates (subject to hydrolysis) is 1. The van der Waals surface area contributed by atoms with E-state index < -0.39 is 17.2 Å². The van der Waals surface area contributed by atoms with Gasteiger partial charge in [0.15, 0.2) is 0 Å². The number of carbonyl (C=O) groups excluding carboxylic acids is 1. The lowest BCUT2D eigenvalue weighted by molar-refractivity contribution is 0.140. The lowest BCUT2D eigenvalue weighted by atomic mass is 9.91. The van der Waals surface area contributed by atoms with Gasteiger partial charge in [-0.15, -0.1) is 0 Å². The number of benzene rings is 3. The third kappa shape index (κ3) is 6.52. The number of likely N-dealkylation sites (tertiary alicyclic amines) is 1. The summed E-state index contributed by atoms with van der Waals surface area (Å²) in [6.07, 6.45) is 2.26. The molecule has 0 spiro atoms. The van der Waals surface area contributed by atoms with Gasteiger partial charge in [0, 0.05) is 25.7 Å². The van der Waals surface area contributed by atoms with E-state index in [1.165, 1.54) is 12.1 Å². The van der Waals surface area contributed by atoms with Gasteiger partial charge in [-0.1, -0.05) is 55.3 Å². The van der Waals surface area contributed by atoms with E-state index in [2.05, 4.69) is 10.2 Å². The highest BCUT2D eigenvalue weighted by atomic mass is 19.1. The Morgan fingerprint density at radius 2 is 1.81 bits per heavy atom. The number of ether oxygens (including phenoxy) is 1. The van der Waals surface area contributed by atoms with Gasteiger partial charge >= 0.3 is 6.09 Å². The van der Waals surface area contributed by atoms with Crippen molar-refractivity contribution in [1.82, 2.24) is 10.2 Å². The molecule has 0 unspecified atom stereocenters. The van der Waals surface area contributed by atoms with Crippen molar-refractivity contribution in [1.29, 1.82) is 5.26 Å².